The van der Waals surface area contributed by atoms with Crippen LogP contribution in [0.5, 0.6) is 0 Å². The van der Waals surface area contributed by atoms with Gasteiger partial charge in [0.05, 0.1) is 0 Å². The zero-order chi connectivity index (χ0) is 22.4. The van der Waals surface area contributed by atoms with Crippen molar-refractivity contribution in [3.05, 3.63) is 112 Å². The quantitative estimate of drug-likeness (QED) is 0.232. The van der Waals surface area contributed by atoms with Gasteiger partial charge in [-0.15, -0.1) is 0 Å². The monoisotopic (exact) mass is 560 g/mol. The maximum atomic E-state index is 2.53. The molecule has 4 rings (SSSR count). The molecule has 0 aromatic heterocycles. The predicted octanol–water partition coefficient (Wildman–Crippen LogP) is -3.28. The number of aryl methyl sites for hydroxylation is 2. The fourth-order valence-corrected chi connectivity index (χ4v) is 14.4. The summed E-state index contributed by atoms with van der Waals surface area (Å²) in [6, 6.07) is 29.9. The summed E-state index contributed by atoms with van der Waals surface area (Å²) in [6.07, 6.45) is 0. The van der Waals surface area contributed by atoms with Crippen molar-refractivity contribution >= 4 is 23.6 Å². The molecule has 0 heterocycles. The van der Waals surface area contributed by atoms with Gasteiger partial charge in [0.25, 0.3) is 0 Å². The molecule has 0 N–H and O–H groups in total. The molecular formula is C29H31Cl3SiTi. The van der Waals surface area contributed by atoms with Crippen molar-refractivity contribution in [2.45, 2.75) is 44.9 Å². The van der Waals surface area contributed by atoms with Crippen LogP contribution in [0, 0.1) is 13.8 Å². The van der Waals surface area contributed by atoms with Gasteiger partial charge >= 0.3 is 201 Å². The first-order valence-electron chi connectivity index (χ1n) is 11.1. The molecule has 0 atom stereocenters. The Bertz CT molecular complexity index is 1120. The van der Waals surface area contributed by atoms with E-state index in [1.54, 1.807) is 0 Å². The van der Waals surface area contributed by atoms with E-state index in [4.69, 9.17) is 0 Å². The van der Waals surface area contributed by atoms with Crippen LogP contribution in [-0.4, -0.2) is 8.07 Å². The van der Waals surface area contributed by atoms with Gasteiger partial charge in [-0.05, 0) is 0 Å². The summed E-state index contributed by atoms with van der Waals surface area (Å²) >= 11 is 2.53. The second kappa shape index (κ2) is 11.8. The Morgan fingerprint density at radius 1 is 0.529 bits per heavy atom. The number of hydrogen-bond acceptors (Lipinski definition) is 0. The Morgan fingerprint density at radius 3 is 1.24 bits per heavy atom. The van der Waals surface area contributed by atoms with E-state index in [0.717, 1.165) is 0 Å². The molecule has 3 aromatic carbocycles. The summed E-state index contributed by atoms with van der Waals surface area (Å²) in [4.78, 5) is 0. The largest absolute Gasteiger partial charge is 1.00 e. The normalized spacial score (nSPS) is 14.8. The molecule has 0 radical (unpaired) electrons. The summed E-state index contributed by atoms with van der Waals surface area (Å²) in [5.74, 6) is 0. The fourth-order valence-electron chi connectivity index (χ4n) is 5.69. The average molecular weight is 562 g/mol. The molecule has 0 saturated heterocycles. The summed E-state index contributed by atoms with van der Waals surface area (Å²) in [7, 11) is -2.50. The topological polar surface area (TPSA) is 0 Å². The van der Waals surface area contributed by atoms with Crippen molar-refractivity contribution in [2.24, 2.45) is 0 Å². The van der Waals surface area contributed by atoms with Gasteiger partial charge < -0.3 is 37.2 Å². The van der Waals surface area contributed by atoms with Gasteiger partial charge in [0.1, 0.15) is 0 Å². The van der Waals surface area contributed by atoms with Crippen LogP contribution < -0.4 is 52.8 Å². The first-order chi connectivity index (χ1) is 14.7. The van der Waals surface area contributed by atoms with Crippen molar-refractivity contribution in [3.8, 4) is 0 Å². The van der Waals surface area contributed by atoms with E-state index in [1.807, 2.05) is 0 Å². The number of halogens is 3. The van der Waals surface area contributed by atoms with E-state index < -0.39 is 8.07 Å². The van der Waals surface area contributed by atoms with Crippen LogP contribution in [0.4, 0.5) is 0 Å². The minimum absolute atomic E-state index is 0. The van der Waals surface area contributed by atoms with Crippen LogP contribution in [-0.2, 0) is 20.4 Å². The van der Waals surface area contributed by atoms with Crippen molar-refractivity contribution in [2.75, 3.05) is 0 Å². The molecule has 0 amide bonds. The van der Waals surface area contributed by atoms with E-state index in [0.29, 0.717) is 0 Å². The molecule has 0 nitrogen and oxygen atoms in total. The molecule has 0 saturated carbocycles. The third kappa shape index (κ3) is 4.57. The molecule has 0 unspecified atom stereocenters. The van der Waals surface area contributed by atoms with E-state index in [9.17, 15) is 0 Å². The smallest absolute Gasteiger partial charge is 1.00 e. The SMILES string of the molecule is CC1=C(C)[C]([Ti+3])([Si](c2ccccc2)(c2ccccc2)c2cc(C)cc(C)c2)C(C)=C1C.[Cl-].[Cl-].[Cl-]. The Labute approximate surface area is 237 Å². The molecule has 0 bridgehead atoms. The van der Waals surface area contributed by atoms with Crippen molar-refractivity contribution in [3.63, 3.8) is 0 Å². The molecule has 1 aliphatic rings. The van der Waals surface area contributed by atoms with Crippen LogP contribution in [0.15, 0.2) is 101 Å². The zero-order valence-electron chi connectivity index (χ0n) is 20.6. The molecule has 176 valence electrons. The summed E-state index contributed by atoms with van der Waals surface area (Å²) in [5, 5.41) is 4.47. The van der Waals surface area contributed by atoms with Crippen LogP contribution >= 0.6 is 0 Å². The second-order valence-electron chi connectivity index (χ2n) is 9.11. The van der Waals surface area contributed by atoms with E-state index in [1.165, 1.54) is 49.0 Å². The molecule has 1 aliphatic carbocycles. The number of rotatable bonds is 4. The van der Waals surface area contributed by atoms with Gasteiger partial charge in [0.2, 0.25) is 0 Å². The standard InChI is InChI=1S/C29H31Si.3ClH.Ti/c1-20-17-21(2)19-28(18-20)30(26-13-9-7-10-14-26,27-15-11-8-12-16-27)29-24(5)22(3)23(4)25(29)6;;;;/h7-19H,1-6H3;3*1H;/q;;;;+3/p-3. The summed E-state index contributed by atoms with van der Waals surface area (Å²) in [5.41, 5.74) is 8.68. The van der Waals surface area contributed by atoms with Crippen LogP contribution in [0.1, 0.15) is 38.8 Å². The number of hydrogen-bond donors (Lipinski definition) is 0. The third-order valence-corrected chi connectivity index (χ3v) is 15.8. The fraction of sp³-hybridized carbons (Fsp3) is 0.241. The van der Waals surface area contributed by atoms with Gasteiger partial charge in [0, 0.05) is 0 Å². The second-order valence-corrected chi connectivity index (χ2v) is 15.0. The number of benzene rings is 3. The first kappa shape index (κ1) is 31.0. The van der Waals surface area contributed by atoms with E-state index in [-0.39, 0.29) is 40.6 Å². The molecular weight excluding hydrogens is 531 g/mol. The molecule has 5 heteroatoms. The van der Waals surface area contributed by atoms with Gasteiger partial charge in [-0.25, -0.2) is 0 Å². The van der Waals surface area contributed by atoms with Crippen molar-refractivity contribution in [1.82, 2.24) is 0 Å². The van der Waals surface area contributed by atoms with E-state index >= 15 is 0 Å². The molecule has 34 heavy (non-hydrogen) atoms. The van der Waals surface area contributed by atoms with Crippen molar-refractivity contribution < 1.29 is 57.7 Å². The van der Waals surface area contributed by atoms with E-state index in [2.05, 4.69) is 141 Å². The van der Waals surface area contributed by atoms with Crippen LogP contribution in [0.2, 0.25) is 3.34 Å². The minimum atomic E-state index is -2.50. The molecule has 3 aromatic rings. The minimum Gasteiger partial charge on any atom is -1.00 e. The van der Waals surface area contributed by atoms with Gasteiger partial charge in [-0.3, -0.25) is 0 Å². The predicted molar refractivity (Wildman–Crippen MR) is 133 cm³/mol. The Morgan fingerprint density at radius 2 is 0.882 bits per heavy atom. The van der Waals surface area contributed by atoms with Crippen LogP contribution in [0.3, 0.4) is 0 Å². The van der Waals surface area contributed by atoms with Gasteiger partial charge in [-0.1, -0.05) is 0 Å². The first-order valence-corrected chi connectivity index (χ1v) is 13.8. The Balaban J connectivity index is 0.00000193. The summed E-state index contributed by atoms with van der Waals surface area (Å²) in [6.45, 7) is 13.9. The average Bonchev–Trinajstić information content (AvgIpc) is 2.91. The molecule has 0 fully saturated rings. The zero-order valence-corrected chi connectivity index (χ0v) is 25.5. The Kier molecular flexibility index (Phi) is 10.7. The molecule has 0 spiro atoms. The van der Waals surface area contributed by atoms with Gasteiger partial charge in [-0.2, -0.15) is 0 Å². The van der Waals surface area contributed by atoms with Crippen molar-refractivity contribution in [1.29, 1.82) is 0 Å². The Hall–Kier alpha value is -1.06. The third-order valence-electron chi connectivity index (χ3n) is 7.44. The maximum Gasteiger partial charge on any atom is -1.00 e. The van der Waals surface area contributed by atoms with Gasteiger partial charge in [0.15, 0.2) is 0 Å². The number of allylic oxidation sites excluding steroid dienone is 4. The maximum absolute atomic E-state index is 2.53. The summed E-state index contributed by atoms with van der Waals surface area (Å²) < 4.78 is -0.0376. The molecule has 0 aliphatic heterocycles. The van der Waals surface area contributed by atoms with Crippen LogP contribution in [0.25, 0.3) is 0 Å².